The Labute approximate surface area is 228 Å². The maximum Gasteiger partial charge on any atom is 0.245 e. The highest BCUT2D eigenvalue weighted by molar-refractivity contribution is 7.92. The van der Waals surface area contributed by atoms with Gasteiger partial charge in [-0.05, 0) is 68.4 Å². The number of hydrogen-bond donors (Lipinski definition) is 2. The fraction of sp³-hybridized carbons (Fsp3) is 0.571. The van der Waals surface area contributed by atoms with Crippen LogP contribution in [-0.2, 0) is 33.7 Å². The molecule has 38 heavy (non-hydrogen) atoms. The lowest BCUT2D eigenvalue weighted by Gasteiger charge is -2.35. The third-order valence-corrected chi connectivity index (χ3v) is 12.0. The average Bonchev–Trinajstić information content (AvgIpc) is 3.63. The average molecular weight is 561 g/mol. The third-order valence-electron chi connectivity index (χ3n) is 7.92. The van der Waals surface area contributed by atoms with Crippen LogP contribution in [0.5, 0.6) is 0 Å². The summed E-state index contributed by atoms with van der Waals surface area (Å²) >= 11 is 1.40. The molecule has 5 rings (SSSR count). The van der Waals surface area contributed by atoms with Gasteiger partial charge in [0.2, 0.25) is 11.8 Å². The van der Waals surface area contributed by atoms with Gasteiger partial charge in [0, 0.05) is 34.4 Å². The molecule has 8 nitrogen and oxygen atoms in total. The summed E-state index contributed by atoms with van der Waals surface area (Å²) in [6, 6.07) is 11.4. The molecule has 1 aromatic heterocycles. The van der Waals surface area contributed by atoms with Gasteiger partial charge in [0.1, 0.15) is 4.75 Å². The highest BCUT2D eigenvalue weighted by atomic mass is 32.2. The van der Waals surface area contributed by atoms with Gasteiger partial charge in [-0.25, -0.2) is 18.7 Å². The van der Waals surface area contributed by atoms with Crippen molar-refractivity contribution >= 4 is 38.7 Å². The number of benzene rings is 1. The minimum atomic E-state index is -3.57. The molecule has 2 aromatic rings. The van der Waals surface area contributed by atoms with Crippen LogP contribution in [0.4, 0.5) is 5.69 Å². The Balaban J connectivity index is 1.34. The lowest BCUT2D eigenvalue weighted by molar-refractivity contribution is -0.200. The van der Waals surface area contributed by atoms with Crippen molar-refractivity contribution in [1.82, 2.24) is 5.48 Å². The molecule has 1 aliphatic carbocycles. The predicted molar refractivity (Wildman–Crippen MR) is 147 cm³/mol. The number of rotatable bonds is 8. The van der Waals surface area contributed by atoms with Gasteiger partial charge in [0.05, 0.1) is 12.2 Å². The Kier molecular flexibility index (Phi) is 8.52. The molecule has 0 spiro atoms. The topological polar surface area (TPSA) is 111 Å². The fourth-order valence-electron chi connectivity index (χ4n) is 5.77. The van der Waals surface area contributed by atoms with Crippen molar-refractivity contribution in [3.05, 3.63) is 41.3 Å². The molecule has 206 valence electrons. The summed E-state index contributed by atoms with van der Waals surface area (Å²) in [5.41, 5.74) is 4.09. The van der Waals surface area contributed by atoms with Gasteiger partial charge < -0.3 is 10.1 Å². The minimum absolute atomic E-state index is 0.0583. The van der Waals surface area contributed by atoms with Crippen LogP contribution in [0.3, 0.4) is 0 Å². The van der Waals surface area contributed by atoms with Crippen molar-refractivity contribution in [2.24, 2.45) is 5.92 Å². The number of hydroxylamine groups is 1. The minimum Gasteiger partial charge on any atom is -0.350 e. The van der Waals surface area contributed by atoms with Crippen LogP contribution in [0.15, 0.2) is 36.4 Å². The van der Waals surface area contributed by atoms with Crippen LogP contribution in [0.2, 0.25) is 0 Å². The molecule has 2 N–H and O–H groups in total. The predicted octanol–water partition coefficient (Wildman–Crippen LogP) is 5.30. The summed E-state index contributed by atoms with van der Waals surface area (Å²) in [6.07, 6.45) is 7.70. The lowest BCUT2D eigenvalue weighted by Crippen LogP contribution is -2.45. The van der Waals surface area contributed by atoms with Gasteiger partial charge >= 0.3 is 0 Å². The second-order valence-electron chi connectivity index (χ2n) is 10.6. The van der Waals surface area contributed by atoms with E-state index < -0.39 is 26.8 Å². The van der Waals surface area contributed by atoms with Crippen molar-refractivity contribution in [3.63, 3.8) is 0 Å². The first-order chi connectivity index (χ1) is 18.4. The summed E-state index contributed by atoms with van der Waals surface area (Å²) in [7, 11) is -3.57. The number of hydrogen-bond acceptors (Lipinski definition) is 7. The monoisotopic (exact) mass is 560 g/mol. The first-order valence-electron chi connectivity index (χ1n) is 13.7. The van der Waals surface area contributed by atoms with E-state index in [4.69, 9.17) is 9.57 Å². The molecule has 1 unspecified atom stereocenters. The van der Waals surface area contributed by atoms with Crippen LogP contribution in [0, 0.1) is 5.92 Å². The summed E-state index contributed by atoms with van der Waals surface area (Å²) < 4.78 is 31.2. The first kappa shape index (κ1) is 27.3. The first-order valence-corrected chi connectivity index (χ1v) is 16.1. The van der Waals surface area contributed by atoms with Crippen LogP contribution < -0.4 is 10.8 Å². The highest BCUT2D eigenvalue weighted by Gasteiger charge is 2.49. The smallest absolute Gasteiger partial charge is 0.245 e. The number of carbonyl (C=O) groups excluding carboxylic acids is 2. The number of ether oxygens (including phenoxy) is 1. The van der Waals surface area contributed by atoms with Crippen molar-refractivity contribution in [2.45, 2.75) is 81.7 Å². The normalized spacial score (nSPS) is 25.6. The number of thiophene rings is 1. The maximum atomic E-state index is 13.5. The van der Waals surface area contributed by atoms with E-state index in [1.165, 1.54) is 11.3 Å². The van der Waals surface area contributed by atoms with Gasteiger partial charge in [-0.2, -0.15) is 0 Å². The van der Waals surface area contributed by atoms with E-state index >= 15 is 0 Å². The summed E-state index contributed by atoms with van der Waals surface area (Å²) in [5, 5.41) is 3.04. The molecule has 0 radical (unpaired) electrons. The maximum absolute atomic E-state index is 13.5. The van der Waals surface area contributed by atoms with Crippen LogP contribution in [0.25, 0.3) is 10.4 Å². The molecule has 2 aliphatic heterocycles. The summed E-state index contributed by atoms with van der Waals surface area (Å²) in [6.45, 7) is 0.586. The number of amides is 2. The van der Waals surface area contributed by atoms with E-state index in [1.54, 1.807) is 0 Å². The molecule has 3 heterocycles. The molecule has 3 aliphatic rings. The molecule has 2 amide bonds. The molecular formula is C28H36N2O6S2. The molecule has 10 heteroatoms. The number of carbonyl (C=O) groups is 2. The Morgan fingerprint density at radius 1 is 1.03 bits per heavy atom. The van der Waals surface area contributed by atoms with Gasteiger partial charge in [0.15, 0.2) is 16.1 Å². The van der Waals surface area contributed by atoms with Gasteiger partial charge in [-0.3, -0.25) is 9.59 Å². The molecule has 0 bridgehead atoms. The summed E-state index contributed by atoms with van der Waals surface area (Å²) in [4.78, 5) is 32.6. The third kappa shape index (κ3) is 5.98. The Morgan fingerprint density at radius 3 is 2.61 bits per heavy atom. The van der Waals surface area contributed by atoms with Gasteiger partial charge in [-0.1, -0.05) is 31.4 Å². The second-order valence-corrected chi connectivity index (χ2v) is 14.1. The Bertz CT molecular complexity index is 1250. The van der Waals surface area contributed by atoms with Crippen molar-refractivity contribution in [3.8, 4) is 10.4 Å². The number of sulfone groups is 1. The van der Waals surface area contributed by atoms with Crippen molar-refractivity contribution < 1.29 is 27.6 Å². The van der Waals surface area contributed by atoms with E-state index in [0.29, 0.717) is 30.7 Å². The molecule has 1 saturated carbocycles. The van der Waals surface area contributed by atoms with E-state index in [1.807, 2.05) is 36.4 Å². The zero-order valence-electron chi connectivity index (χ0n) is 21.6. The van der Waals surface area contributed by atoms with Gasteiger partial charge in [0.25, 0.3) is 0 Å². The van der Waals surface area contributed by atoms with E-state index in [2.05, 4.69) is 10.8 Å². The Hall–Kier alpha value is -2.27. The summed E-state index contributed by atoms with van der Waals surface area (Å²) in [5.74, 6) is -0.270. The largest absolute Gasteiger partial charge is 0.350 e. The van der Waals surface area contributed by atoms with Crippen molar-refractivity contribution in [1.29, 1.82) is 0 Å². The van der Waals surface area contributed by atoms with E-state index in [-0.39, 0.29) is 24.0 Å². The molecule has 2 atom stereocenters. The quantitative estimate of drug-likeness (QED) is 0.424. The Morgan fingerprint density at radius 2 is 1.84 bits per heavy atom. The standard InChI is InChI=1S/C28H36N2O6S2/c31-25(30-36-26-12-3-5-16-35-26)19-28(15-4-6-17-38(28,33)34)24-14-13-23(37-24)21-10-7-11-22(18-21)29-27(32)20-8-1-2-9-20/h7,10-11,13-14,18,20,26H,1-6,8-9,12,15-17,19H2,(H,29,32)(H,30,31)/t26?,28-/m0/s1. The molecular weight excluding hydrogens is 524 g/mol. The van der Waals surface area contributed by atoms with Gasteiger partial charge in [-0.15, -0.1) is 11.3 Å². The van der Waals surface area contributed by atoms with E-state index in [0.717, 1.165) is 61.1 Å². The number of anilines is 1. The number of nitrogens with one attached hydrogen (secondary N) is 2. The van der Waals surface area contributed by atoms with Crippen molar-refractivity contribution in [2.75, 3.05) is 17.7 Å². The zero-order chi connectivity index (χ0) is 26.6. The fourth-order valence-corrected chi connectivity index (χ4v) is 9.54. The van der Waals surface area contributed by atoms with Crippen LogP contribution >= 0.6 is 11.3 Å². The zero-order valence-corrected chi connectivity index (χ0v) is 23.2. The molecule has 2 saturated heterocycles. The highest BCUT2D eigenvalue weighted by Crippen LogP contribution is 2.47. The van der Waals surface area contributed by atoms with Crippen LogP contribution in [-0.4, -0.2) is 38.9 Å². The lowest BCUT2D eigenvalue weighted by atomic mass is 9.94. The molecule has 1 aromatic carbocycles. The SMILES string of the molecule is O=C(C[C@]1(c2ccc(-c3cccc(NC(=O)C4CCCC4)c3)s2)CCCCS1(=O)=O)NOC1CCCCO1. The van der Waals surface area contributed by atoms with E-state index in [9.17, 15) is 18.0 Å². The second kappa shape index (κ2) is 11.9. The van der Waals surface area contributed by atoms with Crippen LogP contribution in [0.1, 0.15) is 75.5 Å². The molecule has 3 fully saturated rings.